The molecule has 0 amide bonds. The van der Waals surface area contributed by atoms with Crippen molar-refractivity contribution in [3.05, 3.63) is 6.33 Å². The van der Waals surface area contributed by atoms with Crippen LogP contribution in [0.4, 0.5) is 10.3 Å². The summed E-state index contributed by atoms with van der Waals surface area (Å²) in [6.45, 7) is 1.07. The molecule has 4 rings (SSSR count). The summed E-state index contributed by atoms with van der Waals surface area (Å²) in [5.41, 5.74) is 3.55. The van der Waals surface area contributed by atoms with E-state index in [1.54, 1.807) is 0 Å². The van der Waals surface area contributed by atoms with Crippen LogP contribution < -0.4 is 5.73 Å². The fraction of sp³-hybridized carbons (Fsp3) is 0.583. The highest BCUT2D eigenvalue weighted by Crippen LogP contribution is 2.59. The molecule has 13 heteroatoms. The summed E-state index contributed by atoms with van der Waals surface area (Å²) in [5, 5.41) is 9.81. The Bertz CT molecular complexity index is 890. The second kappa shape index (κ2) is 5.32. The SMILES string of the molecule is COP1(=O)OC[C@H]2O[C@@H](n3cnc4c(O)nc(N)nc43)[C@](C)(F)[C@@H]2O1. The summed E-state index contributed by atoms with van der Waals surface area (Å²) in [6.07, 6.45) is -1.99. The van der Waals surface area contributed by atoms with Crippen molar-refractivity contribution in [3.63, 3.8) is 0 Å². The van der Waals surface area contributed by atoms with Crippen LogP contribution in [0.15, 0.2) is 6.33 Å². The maximum absolute atomic E-state index is 15.5. The fourth-order valence-electron chi connectivity index (χ4n) is 3.03. The highest BCUT2D eigenvalue weighted by atomic mass is 31.2. The van der Waals surface area contributed by atoms with E-state index in [1.165, 1.54) is 17.8 Å². The van der Waals surface area contributed by atoms with Crippen molar-refractivity contribution < 1.29 is 32.4 Å². The molecule has 2 aliphatic heterocycles. The Hall–Kier alpha value is -1.85. The van der Waals surface area contributed by atoms with E-state index in [4.69, 9.17) is 24.0 Å². The van der Waals surface area contributed by atoms with E-state index < -0.39 is 37.8 Å². The Balaban J connectivity index is 1.76. The molecule has 2 fully saturated rings. The van der Waals surface area contributed by atoms with Gasteiger partial charge in [-0.1, -0.05) is 0 Å². The number of aromatic nitrogens is 4. The van der Waals surface area contributed by atoms with Crippen molar-refractivity contribution in [2.75, 3.05) is 19.5 Å². The Labute approximate surface area is 140 Å². The minimum absolute atomic E-state index is 0.0446. The lowest BCUT2D eigenvalue weighted by molar-refractivity contribution is -0.0686. The second-order valence-corrected chi connectivity index (χ2v) is 7.59. The first-order valence-corrected chi connectivity index (χ1v) is 8.73. The first-order valence-electron chi connectivity index (χ1n) is 7.27. The van der Waals surface area contributed by atoms with Crippen LogP contribution >= 0.6 is 7.82 Å². The molecule has 2 aliphatic rings. The van der Waals surface area contributed by atoms with Crippen molar-refractivity contribution in [1.82, 2.24) is 19.5 Å². The number of hydrogen-bond donors (Lipinski definition) is 2. The average molecular weight is 375 g/mol. The minimum atomic E-state index is -3.84. The van der Waals surface area contributed by atoms with Crippen LogP contribution in [-0.4, -0.2) is 56.2 Å². The molecule has 5 atom stereocenters. The summed E-state index contributed by atoms with van der Waals surface area (Å²) in [7, 11) is -2.69. The third-order valence-corrected chi connectivity index (χ3v) is 5.61. The lowest BCUT2D eigenvalue weighted by Gasteiger charge is -2.33. The number of anilines is 1. The number of hydrogen-bond acceptors (Lipinski definition) is 10. The molecule has 0 radical (unpaired) electrons. The summed E-state index contributed by atoms with van der Waals surface area (Å²) in [6, 6.07) is 0. The molecule has 4 heterocycles. The number of imidazole rings is 1. The molecule has 0 saturated carbocycles. The van der Waals surface area contributed by atoms with E-state index >= 15 is 4.39 Å². The quantitative estimate of drug-likeness (QED) is 0.727. The summed E-state index contributed by atoms with van der Waals surface area (Å²) in [4.78, 5) is 11.5. The van der Waals surface area contributed by atoms with Gasteiger partial charge in [-0.3, -0.25) is 18.1 Å². The maximum Gasteiger partial charge on any atom is 0.475 e. The average Bonchev–Trinajstić information content (AvgIpc) is 3.07. The van der Waals surface area contributed by atoms with Gasteiger partial charge < -0.3 is 15.6 Å². The minimum Gasteiger partial charge on any atom is -0.492 e. The van der Waals surface area contributed by atoms with Gasteiger partial charge in [-0.2, -0.15) is 9.97 Å². The Morgan fingerprint density at radius 3 is 3.04 bits per heavy atom. The van der Waals surface area contributed by atoms with Gasteiger partial charge in [-0.15, -0.1) is 0 Å². The Morgan fingerprint density at radius 2 is 2.32 bits per heavy atom. The zero-order chi connectivity index (χ0) is 18.0. The van der Waals surface area contributed by atoms with Crippen molar-refractivity contribution in [2.24, 2.45) is 0 Å². The van der Waals surface area contributed by atoms with E-state index in [0.717, 1.165) is 7.11 Å². The summed E-state index contributed by atoms with van der Waals surface area (Å²) < 4.78 is 49.6. The molecule has 3 N–H and O–H groups in total. The molecule has 11 nitrogen and oxygen atoms in total. The number of rotatable bonds is 2. The molecule has 0 aliphatic carbocycles. The predicted molar refractivity (Wildman–Crippen MR) is 80.3 cm³/mol. The third kappa shape index (κ3) is 2.41. The molecule has 2 aromatic rings. The number of fused-ring (bicyclic) bond motifs is 2. The van der Waals surface area contributed by atoms with E-state index in [2.05, 4.69) is 15.0 Å². The van der Waals surface area contributed by atoms with Gasteiger partial charge >= 0.3 is 7.82 Å². The van der Waals surface area contributed by atoms with Gasteiger partial charge in [0.1, 0.15) is 12.2 Å². The zero-order valence-electron chi connectivity index (χ0n) is 13.2. The molecule has 0 aromatic carbocycles. The van der Waals surface area contributed by atoms with Crippen LogP contribution in [-0.2, 0) is 22.9 Å². The van der Waals surface area contributed by atoms with Crippen LogP contribution in [0.3, 0.4) is 0 Å². The van der Waals surface area contributed by atoms with Gasteiger partial charge in [0.25, 0.3) is 0 Å². The molecule has 25 heavy (non-hydrogen) atoms. The van der Waals surface area contributed by atoms with E-state index in [9.17, 15) is 9.67 Å². The van der Waals surface area contributed by atoms with Crippen molar-refractivity contribution >= 4 is 24.9 Å². The number of halogens is 1. The lowest BCUT2D eigenvalue weighted by atomic mass is 9.98. The smallest absolute Gasteiger partial charge is 0.475 e. The van der Waals surface area contributed by atoms with Crippen LogP contribution in [0.2, 0.25) is 0 Å². The lowest BCUT2D eigenvalue weighted by Crippen LogP contribution is -2.44. The largest absolute Gasteiger partial charge is 0.492 e. The molecule has 136 valence electrons. The van der Waals surface area contributed by atoms with Gasteiger partial charge in [0.2, 0.25) is 11.8 Å². The summed E-state index contributed by atoms with van der Waals surface area (Å²) >= 11 is 0. The van der Waals surface area contributed by atoms with Crippen molar-refractivity contribution in [1.29, 1.82) is 0 Å². The molecule has 1 unspecified atom stereocenters. The van der Waals surface area contributed by atoms with Crippen molar-refractivity contribution in [2.45, 2.75) is 31.0 Å². The monoisotopic (exact) mass is 375 g/mol. The number of aromatic hydroxyl groups is 1. The number of alkyl halides is 1. The van der Waals surface area contributed by atoms with Gasteiger partial charge in [-0.05, 0) is 6.92 Å². The van der Waals surface area contributed by atoms with Crippen LogP contribution in [0.5, 0.6) is 5.88 Å². The highest BCUT2D eigenvalue weighted by molar-refractivity contribution is 7.48. The molecular formula is C12H15FN5O6P. The van der Waals surface area contributed by atoms with E-state index in [-0.39, 0.29) is 23.7 Å². The van der Waals surface area contributed by atoms with Gasteiger partial charge in [0.05, 0.1) is 12.9 Å². The first-order chi connectivity index (χ1) is 11.7. The zero-order valence-corrected chi connectivity index (χ0v) is 14.1. The van der Waals surface area contributed by atoms with Gasteiger partial charge in [0.15, 0.2) is 23.1 Å². The summed E-state index contributed by atoms with van der Waals surface area (Å²) in [5.74, 6) is -0.633. The molecule has 2 aromatic heterocycles. The number of ether oxygens (including phenoxy) is 1. The number of phosphoric acid groups is 1. The van der Waals surface area contributed by atoms with Crippen LogP contribution in [0, 0.1) is 0 Å². The van der Waals surface area contributed by atoms with Gasteiger partial charge in [0, 0.05) is 7.11 Å². The molecule has 0 spiro atoms. The van der Waals surface area contributed by atoms with E-state index in [1.807, 2.05) is 0 Å². The number of phosphoric ester groups is 1. The Kier molecular flexibility index (Phi) is 3.54. The Morgan fingerprint density at radius 1 is 1.56 bits per heavy atom. The third-order valence-electron chi connectivity index (χ3n) is 4.22. The molecule has 2 saturated heterocycles. The normalized spacial score (nSPS) is 38.1. The molecule has 0 bridgehead atoms. The standard InChI is InChI=1S/C12H15FN5O6P/c1-12(13)7-5(3-22-25(20,21-2)24-7)23-10(12)18-4-15-6-8(18)16-11(14)17-9(6)19/h4-5,7,10H,3H2,1-2H3,(H3,14,16,17,19)/t5-,7-,10-,12-,25?/m1/s1. The maximum atomic E-state index is 15.5. The molecular weight excluding hydrogens is 360 g/mol. The number of nitrogens with zero attached hydrogens (tertiary/aromatic N) is 4. The van der Waals surface area contributed by atoms with Crippen LogP contribution in [0.25, 0.3) is 11.2 Å². The number of nitrogens with two attached hydrogens (primary N) is 1. The second-order valence-electron chi connectivity index (χ2n) is 5.86. The first kappa shape index (κ1) is 16.6. The predicted octanol–water partition coefficient (Wildman–Crippen LogP) is 0.910. The fourth-order valence-corrected chi connectivity index (χ4v) is 4.23. The van der Waals surface area contributed by atoms with E-state index in [0.29, 0.717) is 0 Å². The topological polar surface area (TPSA) is 144 Å². The number of nitrogen functional groups attached to an aromatic ring is 1. The van der Waals surface area contributed by atoms with Gasteiger partial charge in [-0.25, -0.2) is 13.9 Å². The highest BCUT2D eigenvalue weighted by Gasteiger charge is 2.61. The van der Waals surface area contributed by atoms with Crippen molar-refractivity contribution in [3.8, 4) is 5.88 Å². The van der Waals surface area contributed by atoms with Crippen LogP contribution in [0.1, 0.15) is 13.2 Å².